The van der Waals surface area contributed by atoms with Gasteiger partial charge in [-0.3, -0.25) is 0 Å². The second-order valence-corrected chi connectivity index (χ2v) is 8.74. The summed E-state index contributed by atoms with van der Waals surface area (Å²) in [6.45, 7) is 4.04. The molecule has 4 nitrogen and oxygen atoms in total. The number of alkyl halides is 3. The van der Waals surface area contributed by atoms with E-state index in [2.05, 4.69) is 0 Å². The van der Waals surface area contributed by atoms with Gasteiger partial charge in [-0.05, 0) is 44.0 Å². The summed E-state index contributed by atoms with van der Waals surface area (Å²) < 4.78 is 83.7. The van der Waals surface area contributed by atoms with E-state index in [0.29, 0.717) is 16.5 Å². The molecular formula is C20H20F4N2O2S. The predicted molar refractivity (Wildman–Crippen MR) is 103 cm³/mol. The second kappa shape index (κ2) is 7.46. The van der Waals surface area contributed by atoms with E-state index in [4.69, 9.17) is 0 Å². The molecule has 0 fully saturated rings. The van der Waals surface area contributed by atoms with Crippen molar-refractivity contribution in [3.63, 3.8) is 0 Å². The van der Waals surface area contributed by atoms with Gasteiger partial charge in [0.1, 0.15) is 11.9 Å². The van der Waals surface area contributed by atoms with Gasteiger partial charge >= 0.3 is 6.18 Å². The van der Waals surface area contributed by atoms with Crippen LogP contribution >= 0.6 is 0 Å². The molecule has 0 bridgehead atoms. The number of fused-ring (bicyclic) bond motifs is 1. The molecule has 0 spiro atoms. The third kappa shape index (κ3) is 4.30. The predicted octanol–water partition coefficient (Wildman–Crippen LogP) is 4.62. The Morgan fingerprint density at radius 2 is 1.69 bits per heavy atom. The van der Waals surface area contributed by atoms with Crippen molar-refractivity contribution >= 4 is 20.9 Å². The van der Waals surface area contributed by atoms with Crippen LogP contribution in [0.4, 0.5) is 17.6 Å². The minimum Gasteiger partial charge on any atom is -0.343 e. The van der Waals surface area contributed by atoms with Crippen molar-refractivity contribution in [1.82, 2.24) is 9.29 Å². The Morgan fingerprint density at radius 1 is 1.07 bits per heavy atom. The van der Waals surface area contributed by atoms with Crippen LogP contribution in [0, 0.1) is 26.6 Å². The largest absolute Gasteiger partial charge is 0.406 e. The molecule has 3 rings (SSSR count). The summed E-state index contributed by atoms with van der Waals surface area (Å²) >= 11 is 0. The topological polar surface area (TPSA) is 51.1 Å². The van der Waals surface area contributed by atoms with Crippen molar-refractivity contribution in [3.8, 4) is 0 Å². The summed E-state index contributed by atoms with van der Waals surface area (Å²) in [6.07, 6.45) is -3.56. The molecule has 0 aliphatic rings. The number of nitrogens with zero attached hydrogens (tertiary/aromatic N) is 1. The molecule has 0 radical (unpaired) electrons. The van der Waals surface area contributed by atoms with Gasteiger partial charge in [0.25, 0.3) is 0 Å². The van der Waals surface area contributed by atoms with E-state index in [-0.39, 0.29) is 10.4 Å². The highest BCUT2D eigenvalue weighted by Gasteiger charge is 2.43. The van der Waals surface area contributed by atoms with Gasteiger partial charge in [-0.2, -0.15) is 17.9 Å². The highest BCUT2D eigenvalue weighted by molar-refractivity contribution is 7.89. The number of aromatic nitrogens is 1. The van der Waals surface area contributed by atoms with Crippen molar-refractivity contribution < 1.29 is 26.0 Å². The number of sulfonamides is 1. The Hall–Kier alpha value is -2.39. The number of hydrogen-bond acceptors (Lipinski definition) is 2. The van der Waals surface area contributed by atoms with Crippen LogP contribution in [0.15, 0.2) is 47.5 Å². The molecule has 1 aromatic heterocycles. The van der Waals surface area contributed by atoms with Gasteiger partial charge in [-0.1, -0.05) is 29.8 Å². The standard InChI is InChI=1S/C20H20F4N2O2S/c1-12-9-13(2)19(14(3)10-12)29(27,28)25-17(20(22,23)24)11-26-8-7-15-5-4-6-16(21)18(15)26/h4-10,17,25H,11H2,1-3H3. The number of aryl methyl sites for hydroxylation is 3. The maximum Gasteiger partial charge on any atom is 0.406 e. The fourth-order valence-electron chi connectivity index (χ4n) is 3.61. The first-order chi connectivity index (χ1) is 13.4. The van der Waals surface area contributed by atoms with Crippen molar-refractivity contribution in [2.75, 3.05) is 0 Å². The zero-order chi connectivity index (χ0) is 21.6. The van der Waals surface area contributed by atoms with Gasteiger partial charge in [0.2, 0.25) is 10.0 Å². The molecule has 1 N–H and O–H groups in total. The molecule has 1 unspecified atom stereocenters. The summed E-state index contributed by atoms with van der Waals surface area (Å²) in [6, 6.07) is 6.41. The molecule has 0 amide bonds. The van der Waals surface area contributed by atoms with Gasteiger partial charge < -0.3 is 4.57 Å². The lowest BCUT2D eigenvalue weighted by Gasteiger charge is -2.24. The maximum atomic E-state index is 14.1. The van der Waals surface area contributed by atoms with Crippen LogP contribution in [0.2, 0.25) is 0 Å². The lowest BCUT2D eigenvalue weighted by molar-refractivity contribution is -0.154. The first kappa shape index (κ1) is 21.3. The zero-order valence-corrected chi connectivity index (χ0v) is 16.8. The van der Waals surface area contributed by atoms with Gasteiger partial charge in [0, 0.05) is 18.1 Å². The van der Waals surface area contributed by atoms with Crippen molar-refractivity contribution in [2.45, 2.75) is 44.4 Å². The molecule has 0 aliphatic carbocycles. The molecule has 0 saturated carbocycles. The van der Waals surface area contributed by atoms with E-state index in [1.165, 1.54) is 32.2 Å². The molecular weight excluding hydrogens is 408 g/mol. The molecule has 156 valence electrons. The summed E-state index contributed by atoms with van der Waals surface area (Å²) in [5, 5.41) is 0.430. The van der Waals surface area contributed by atoms with Crippen LogP contribution < -0.4 is 4.72 Å². The molecule has 9 heteroatoms. The van der Waals surface area contributed by atoms with Crippen LogP contribution in [0.25, 0.3) is 10.9 Å². The normalized spacial score (nSPS) is 13.8. The van der Waals surface area contributed by atoms with Crippen LogP contribution in [-0.2, 0) is 16.6 Å². The van der Waals surface area contributed by atoms with E-state index < -0.39 is 34.6 Å². The average Bonchev–Trinajstić information content (AvgIpc) is 2.96. The van der Waals surface area contributed by atoms with E-state index in [1.54, 1.807) is 29.8 Å². The number of hydrogen-bond donors (Lipinski definition) is 1. The Morgan fingerprint density at radius 3 is 2.28 bits per heavy atom. The number of rotatable bonds is 5. The first-order valence-corrected chi connectivity index (χ1v) is 10.3. The quantitative estimate of drug-likeness (QED) is 0.603. The Balaban J connectivity index is 2.00. The molecule has 2 aromatic carbocycles. The van der Waals surface area contributed by atoms with E-state index in [0.717, 1.165) is 16.2 Å². The lowest BCUT2D eigenvalue weighted by Crippen LogP contribution is -2.48. The second-order valence-electron chi connectivity index (χ2n) is 7.09. The monoisotopic (exact) mass is 428 g/mol. The summed E-state index contributed by atoms with van der Waals surface area (Å²) in [5.74, 6) is -0.679. The number of halogens is 4. The highest BCUT2D eigenvalue weighted by atomic mass is 32.2. The van der Waals surface area contributed by atoms with E-state index >= 15 is 0 Å². The van der Waals surface area contributed by atoms with Gasteiger partial charge in [-0.25, -0.2) is 12.8 Å². The third-order valence-corrected chi connectivity index (χ3v) is 6.46. The average molecular weight is 428 g/mol. The molecule has 0 aliphatic heterocycles. The smallest absolute Gasteiger partial charge is 0.343 e. The van der Waals surface area contributed by atoms with Crippen molar-refractivity contribution in [3.05, 3.63) is 65.1 Å². The number of para-hydroxylation sites is 1. The number of nitrogens with one attached hydrogen (secondary N) is 1. The fourth-order valence-corrected chi connectivity index (χ4v) is 5.27. The maximum absolute atomic E-state index is 14.1. The Bertz CT molecular complexity index is 1140. The minimum absolute atomic E-state index is 0.0105. The van der Waals surface area contributed by atoms with Crippen LogP contribution in [0.3, 0.4) is 0 Å². The van der Waals surface area contributed by atoms with Crippen LogP contribution in [0.1, 0.15) is 16.7 Å². The Kier molecular flexibility index (Phi) is 5.48. The summed E-state index contributed by atoms with van der Waals surface area (Å²) in [5.41, 5.74) is 1.51. The zero-order valence-electron chi connectivity index (χ0n) is 16.0. The highest BCUT2D eigenvalue weighted by Crippen LogP contribution is 2.28. The summed E-state index contributed by atoms with van der Waals surface area (Å²) in [7, 11) is -4.46. The molecule has 1 heterocycles. The third-order valence-electron chi connectivity index (χ3n) is 4.68. The number of benzene rings is 2. The van der Waals surface area contributed by atoms with E-state index in [1.807, 2.05) is 0 Å². The Labute approximate surface area is 166 Å². The van der Waals surface area contributed by atoms with Crippen molar-refractivity contribution in [1.29, 1.82) is 0 Å². The van der Waals surface area contributed by atoms with Gasteiger partial charge in [0.15, 0.2) is 0 Å². The minimum atomic E-state index is -4.87. The van der Waals surface area contributed by atoms with Crippen LogP contribution in [0.5, 0.6) is 0 Å². The van der Waals surface area contributed by atoms with E-state index in [9.17, 15) is 26.0 Å². The van der Waals surface area contributed by atoms with Gasteiger partial charge in [-0.15, -0.1) is 0 Å². The molecule has 0 saturated heterocycles. The molecule has 29 heavy (non-hydrogen) atoms. The molecule has 1 atom stereocenters. The SMILES string of the molecule is Cc1cc(C)c(S(=O)(=O)NC(Cn2ccc3cccc(F)c32)C(F)(F)F)c(C)c1. The molecule has 3 aromatic rings. The summed E-state index contributed by atoms with van der Waals surface area (Å²) in [4.78, 5) is -0.180. The first-order valence-electron chi connectivity index (χ1n) is 8.80. The lowest BCUT2D eigenvalue weighted by atomic mass is 10.1. The fraction of sp³-hybridized carbons (Fsp3) is 0.300. The van der Waals surface area contributed by atoms with Crippen molar-refractivity contribution in [2.24, 2.45) is 0 Å². The van der Waals surface area contributed by atoms with Gasteiger partial charge in [0.05, 0.1) is 10.4 Å². The van der Waals surface area contributed by atoms with Crippen LogP contribution in [-0.4, -0.2) is 25.2 Å².